The molecule has 0 radical (unpaired) electrons. The second-order valence-corrected chi connectivity index (χ2v) is 18.7. The minimum absolute atomic E-state index is 0.0837. The standard InChI is InChI=1S/C50H66N2O8/c1-9-29-57-50-44(52(8)47(55)56-33-48(2,3)4)32-42(51-60-49(5,6)7)40-30-36(19-13-15-27-53)39(20-14-16-28-54)45(46(40)50)41-31-38(25-26-43(41)59-50)58-37-23-21-35(22-24-37)34-17-11-10-12-18-34/h9-12,17-18,21-26,30-31,36,39,44-46,53-54H,1,13-16,19-20,27-29,32-33H2,2-8H3/t36-,39+,44-,45+,46+,50+/m0/s1. The molecule has 6 rings (SSSR count). The van der Waals surface area contributed by atoms with Crippen molar-refractivity contribution >= 4 is 11.8 Å². The van der Waals surface area contributed by atoms with E-state index in [1.165, 1.54) is 0 Å². The number of aliphatic hydroxyl groups excluding tert-OH is 2. The molecule has 60 heavy (non-hydrogen) atoms. The van der Waals surface area contributed by atoms with Crippen molar-refractivity contribution in [2.45, 2.75) is 110 Å². The Hall–Kier alpha value is -4.64. The lowest BCUT2D eigenvalue weighted by atomic mass is 9.55. The lowest BCUT2D eigenvalue weighted by Gasteiger charge is -2.59. The summed E-state index contributed by atoms with van der Waals surface area (Å²) in [5.74, 6) is 0.251. The van der Waals surface area contributed by atoms with Crippen LogP contribution in [-0.4, -0.2) is 77.8 Å². The van der Waals surface area contributed by atoms with E-state index in [9.17, 15) is 15.0 Å². The molecular formula is C50H66N2O8. The Labute approximate surface area is 357 Å². The minimum Gasteiger partial charge on any atom is -0.459 e. The molecule has 10 nitrogen and oxygen atoms in total. The van der Waals surface area contributed by atoms with Gasteiger partial charge < -0.3 is 38.9 Å². The van der Waals surface area contributed by atoms with Gasteiger partial charge in [-0.15, -0.1) is 6.58 Å². The number of ether oxygens (including phenoxy) is 4. The number of fused-ring (bicyclic) bond motifs is 2. The number of unbranched alkanes of at least 4 members (excludes halogenated alkanes) is 2. The van der Waals surface area contributed by atoms with Gasteiger partial charge in [-0.1, -0.05) is 93.4 Å². The number of carbonyl (C=O) groups is 1. The van der Waals surface area contributed by atoms with Gasteiger partial charge in [-0.05, 0) is 111 Å². The van der Waals surface area contributed by atoms with E-state index in [0.717, 1.165) is 53.7 Å². The molecule has 0 unspecified atom stereocenters. The number of oxime groups is 1. The van der Waals surface area contributed by atoms with E-state index in [2.05, 4.69) is 43.0 Å². The van der Waals surface area contributed by atoms with E-state index in [1.807, 2.05) is 84.0 Å². The predicted octanol–water partition coefficient (Wildman–Crippen LogP) is 10.7. The largest absolute Gasteiger partial charge is 0.459 e. The first-order valence-electron chi connectivity index (χ1n) is 21.7. The van der Waals surface area contributed by atoms with Crippen molar-refractivity contribution in [1.82, 2.24) is 4.90 Å². The van der Waals surface area contributed by atoms with E-state index < -0.39 is 29.4 Å². The van der Waals surface area contributed by atoms with Crippen LogP contribution in [0.15, 0.2) is 102 Å². The third kappa shape index (κ3) is 10.4. The zero-order valence-corrected chi connectivity index (χ0v) is 36.7. The maximum atomic E-state index is 14.1. The highest BCUT2D eigenvalue weighted by Gasteiger charge is 2.65. The molecular weight excluding hydrogens is 757 g/mol. The molecule has 10 heteroatoms. The molecule has 1 saturated carbocycles. The molecule has 2 aliphatic carbocycles. The SMILES string of the molecule is C=CCO[C@@]12Oc3ccc(Oc4ccc(-c5ccccc5)cc4)cc3[C@H]3[C@H](CCCCO)[C@@H](CCCCO)C=C(C(=NOC(C)(C)C)C[C@@H]1N(C)C(=O)OCC(C)(C)C)[C@H]32. The number of amides is 1. The molecule has 0 saturated heterocycles. The van der Waals surface area contributed by atoms with Gasteiger partial charge in [0, 0.05) is 38.2 Å². The number of hydrogen-bond donors (Lipinski definition) is 2. The number of rotatable bonds is 17. The molecule has 324 valence electrons. The van der Waals surface area contributed by atoms with Crippen molar-refractivity contribution in [3.05, 3.63) is 103 Å². The second-order valence-electron chi connectivity index (χ2n) is 18.7. The molecule has 1 aliphatic heterocycles. The summed E-state index contributed by atoms with van der Waals surface area (Å²) >= 11 is 0. The van der Waals surface area contributed by atoms with Crippen LogP contribution in [0.3, 0.4) is 0 Å². The van der Waals surface area contributed by atoms with Gasteiger partial charge in [-0.2, -0.15) is 0 Å². The van der Waals surface area contributed by atoms with Crippen molar-refractivity contribution < 1.29 is 38.8 Å². The van der Waals surface area contributed by atoms with E-state index in [0.29, 0.717) is 30.1 Å². The van der Waals surface area contributed by atoms with Gasteiger partial charge in [-0.25, -0.2) is 4.79 Å². The number of carbonyl (C=O) groups excluding carboxylic acids is 1. The molecule has 6 atom stereocenters. The molecule has 3 aromatic carbocycles. The third-order valence-corrected chi connectivity index (χ3v) is 11.7. The fourth-order valence-corrected chi connectivity index (χ4v) is 8.97. The number of hydrogen-bond acceptors (Lipinski definition) is 9. The lowest BCUT2D eigenvalue weighted by molar-refractivity contribution is -0.254. The fourth-order valence-electron chi connectivity index (χ4n) is 8.97. The summed E-state index contributed by atoms with van der Waals surface area (Å²) in [6.07, 6.45) is 8.59. The maximum Gasteiger partial charge on any atom is 0.410 e. The maximum absolute atomic E-state index is 14.1. The molecule has 3 aromatic rings. The Morgan fingerprint density at radius 3 is 2.23 bits per heavy atom. The topological polar surface area (TPSA) is 119 Å². The summed E-state index contributed by atoms with van der Waals surface area (Å²) in [5.41, 5.74) is 4.11. The highest BCUT2D eigenvalue weighted by molar-refractivity contribution is 6.03. The highest BCUT2D eigenvalue weighted by Crippen LogP contribution is 2.62. The number of nitrogens with zero attached hydrogens (tertiary/aromatic N) is 2. The number of aliphatic hydroxyl groups is 2. The van der Waals surface area contributed by atoms with Gasteiger partial charge in [0.25, 0.3) is 0 Å². The number of benzene rings is 3. The molecule has 1 amide bonds. The first-order valence-corrected chi connectivity index (χ1v) is 21.7. The van der Waals surface area contributed by atoms with Gasteiger partial charge >= 0.3 is 6.09 Å². The minimum atomic E-state index is -1.37. The van der Waals surface area contributed by atoms with Crippen molar-refractivity contribution in [1.29, 1.82) is 0 Å². The Morgan fingerprint density at radius 1 is 0.917 bits per heavy atom. The first-order chi connectivity index (χ1) is 28.7. The Morgan fingerprint density at radius 2 is 1.58 bits per heavy atom. The van der Waals surface area contributed by atoms with Crippen LogP contribution in [-0.2, 0) is 14.3 Å². The average molecular weight is 823 g/mol. The zero-order valence-electron chi connectivity index (χ0n) is 36.7. The van der Waals surface area contributed by atoms with Crippen LogP contribution in [0.1, 0.15) is 98.0 Å². The Balaban J connectivity index is 1.52. The van der Waals surface area contributed by atoms with Crippen LogP contribution < -0.4 is 9.47 Å². The molecule has 2 N–H and O–H groups in total. The van der Waals surface area contributed by atoms with Crippen LogP contribution in [0.4, 0.5) is 4.79 Å². The quantitative estimate of drug-likeness (QED) is 0.0785. The summed E-state index contributed by atoms with van der Waals surface area (Å²) in [6.45, 7) is 16.6. The van der Waals surface area contributed by atoms with Crippen LogP contribution in [0.25, 0.3) is 11.1 Å². The molecule has 1 fully saturated rings. The van der Waals surface area contributed by atoms with E-state index in [1.54, 1.807) is 18.0 Å². The monoisotopic (exact) mass is 822 g/mol. The van der Waals surface area contributed by atoms with Gasteiger partial charge in [0.2, 0.25) is 5.79 Å². The second kappa shape index (κ2) is 19.4. The summed E-state index contributed by atoms with van der Waals surface area (Å²) in [5, 5.41) is 24.7. The average Bonchev–Trinajstić information content (AvgIpc) is 3.22. The molecule has 0 aromatic heterocycles. The molecule has 0 spiro atoms. The predicted molar refractivity (Wildman–Crippen MR) is 236 cm³/mol. The van der Waals surface area contributed by atoms with Gasteiger partial charge in [0.15, 0.2) is 0 Å². The summed E-state index contributed by atoms with van der Waals surface area (Å²) in [6, 6.07) is 23.7. The van der Waals surface area contributed by atoms with Crippen LogP contribution in [0, 0.1) is 23.2 Å². The van der Waals surface area contributed by atoms with Crippen molar-refractivity contribution in [3.63, 3.8) is 0 Å². The highest BCUT2D eigenvalue weighted by atomic mass is 16.7. The van der Waals surface area contributed by atoms with Crippen molar-refractivity contribution in [2.75, 3.05) is 33.5 Å². The van der Waals surface area contributed by atoms with Crippen LogP contribution in [0.2, 0.25) is 0 Å². The lowest BCUT2D eigenvalue weighted by Crippen LogP contribution is -2.69. The number of likely N-dealkylation sites (N-methyl/N-ethyl adjacent to an activating group) is 1. The summed E-state index contributed by atoms with van der Waals surface area (Å²) in [4.78, 5) is 21.9. The Bertz CT molecular complexity index is 1960. The number of allylic oxidation sites excluding steroid dienone is 1. The summed E-state index contributed by atoms with van der Waals surface area (Å²) in [7, 11) is 1.75. The van der Waals surface area contributed by atoms with Gasteiger partial charge in [0.05, 0.1) is 24.8 Å². The van der Waals surface area contributed by atoms with Crippen LogP contribution in [0.5, 0.6) is 17.2 Å². The van der Waals surface area contributed by atoms with Gasteiger partial charge in [-0.3, -0.25) is 0 Å². The normalized spacial score (nSPS) is 24.1. The zero-order chi connectivity index (χ0) is 43.1. The molecule has 1 heterocycles. The Kier molecular flexibility index (Phi) is 14.5. The van der Waals surface area contributed by atoms with Crippen molar-refractivity contribution in [2.24, 2.45) is 28.3 Å². The summed E-state index contributed by atoms with van der Waals surface area (Å²) < 4.78 is 26.8. The van der Waals surface area contributed by atoms with Crippen molar-refractivity contribution in [3.8, 4) is 28.4 Å². The fraction of sp³-hybridized carbons (Fsp3) is 0.520. The van der Waals surface area contributed by atoms with E-state index in [-0.39, 0.29) is 56.0 Å². The molecule has 0 bridgehead atoms. The van der Waals surface area contributed by atoms with E-state index in [4.69, 9.17) is 28.9 Å². The van der Waals surface area contributed by atoms with Crippen LogP contribution >= 0.6 is 0 Å². The molecule has 3 aliphatic rings. The third-order valence-electron chi connectivity index (χ3n) is 11.7. The van der Waals surface area contributed by atoms with E-state index >= 15 is 0 Å². The van der Waals surface area contributed by atoms with Gasteiger partial charge in [0.1, 0.15) is 28.9 Å². The first kappa shape index (κ1) is 44.9. The smallest absolute Gasteiger partial charge is 0.410 e.